The number of pyridine rings is 1. The Labute approximate surface area is 119 Å². The summed E-state index contributed by atoms with van der Waals surface area (Å²) >= 11 is 6.95. The van der Waals surface area contributed by atoms with Crippen molar-refractivity contribution in [2.45, 2.75) is 25.4 Å². The van der Waals surface area contributed by atoms with Gasteiger partial charge < -0.3 is 10.2 Å². The molecule has 0 radical (unpaired) electrons. The Bertz CT molecular complexity index is 376. The molecule has 0 saturated carbocycles. The third-order valence-electron chi connectivity index (χ3n) is 3.16. The predicted octanol–water partition coefficient (Wildman–Crippen LogP) is 2.79. The molecule has 5 heteroatoms. The van der Waals surface area contributed by atoms with E-state index in [1.807, 2.05) is 12.3 Å². The molecule has 1 aliphatic rings. The van der Waals surface area contributed by atoms with Crippen LogP contribution in [0.25, 0.3) is 0 Å². The van der Waals surface area contributed by atoms with Gasteiger partial charge in [-0.1, -0.05) is 0 Å². The maximum absolute atomic E-state index is 4.41. The highest BCUT2D eigenvalue weighted by atomic mass is 79.9. The van der Waals surface area contributed by atoms with Crippen LogP contribution in [0.15, 0.2) is 21.2 Å². The molecule has 0 amide bonds. The van der Waals surface area contributed by atoms with E-state index >= 15 is 0 Å². The van der Waals surface area contributed by atoms with Crippen molar-refractivity contribution in [3.8, 4) is 0 Å². The van der Waals surface area contributed by atoms with Crippen molar-refractivity contribution in [3.05, 3.63) is 26.9 Å². The van der Waals surface area contributed by atoms with Crippen molar-refractivity contribution >= 4 is 31.9 Å². The van der Waals surface area contributed by atoms with Crippen LogP contribution in [0.3, 0.4) is 0 Å². The smallest absolute Gasteiger partial charge is 0.0684 e. The first kappa shape index (κ1) is 13.5. The Morgan fingerprint density at radius 1 is 1.41 bits per heavy atom. The van der Waals surface area contributed by atoms with Crippen LogP contribution >= 0.6 is 31.9 Å². The molecule has 17 heavy (non-hydrogen) atoms. The molecule has 0 bridgehead atoms. The van der Waals surface area contributed by atoms with Crippen LogP contribution in [0.4, 0.5) is 0 Å². The van der Waals surface area contributed by atoms with Gasteiger partial charge in [-0.15, -0.1) is 0 Å². The number of hydrogen-bond donors (Lipinski definition) is 1. The minimum atomic E-state index is 0.628. The molecule has 1 fully saturated rings. The first-order valence-electron chi connectivity index (χ1n) is 5.87. The van der Waals surface area contributed by atoms with E-state index in [4.69, 9.17) is 0 Å². The van der Waals surface area contributed by atoms with Crippen molar-refractivity contribution in [2.75, 3.05) is 20.1 Å². The van der Waals surface area contributed by atoms with E-state index in [0.29, 0.717) is 6.04 Å². The molecule has 0 spiro atoms. The summed E-state index contributed by atoms with van der Waals surface area (Å²) in [6.07, 6.45) is 4.30. The molecule has 1 saturated heterocycles. The molecule has 1 N–H and O–H groups in total. The lowest BCUT2D eigenvalue weighted by molar-refractivity contribution is 0.233. The van der Waals surface area contributed by atoms with E-state index in [9.17, 15) is 0 Å². The molecule has 0 aromatic carbocycles. The number of rotatable bonds is 3. The lowest BCUT2D eigenvalue weighted by atomic mass is 10.1. The molecular formula is C12H17Br2N3. The predicted molar refractivity (Wildman–Crippen MR) is 77.0 cm³/mol. The highest BCUT2D eigenvalue weighted by molar-refractivity contribution is 9.11. The van der Waals surface area contributed by atoms with E-state index in [-0.39, 0.29) is 0 Å². The summed E-state index contributed by atoms with van der Waals surface area (Å²) in [5, 5.41) is 3.58. The topological polar surface area (TPSA) is 28.2 Å². The van der Waals surface area contributed by atoms with E-state index in [0.717, 1.165) is 21.2 Å². The Morgan fingerprint density at radius 2 is 2.12 bits per heavy atom. The van der Waals surface area contributed by atoms with Gasteiger partial charge in [0.2, 0.25) is 0 Å². The molecule has 94 valence electrons. The van der Waals surface area contributed by atoms with E-state index in [2.05, 4.69) is 54.1 Å². The molecule has 3 nitrogen and oxygen atoms in total. The maximum Gasteiger partial charge on any atom is 0.0684 e. The van der Waals surface area contributed by atoms with Gasteiger partial charge in [-0.2, -0.15) is 0 Å². The first-order valence-corrected chi connectivity index (χ1v) is 7.45. The summed E-state index contributed by atoms with van der Waals surface area (Å²) in [4.78, 5) is 6.79. The number of halogens is 2. The van der Waals surface area contributed by atoms with Crippen molar-refractivity contribution in [1.82, 2.24) is 15.2 Å². The fourth-order valence-corrected chi connectivity index (χ4v) is 3.15. The summed E-state index contributed by atoms with van der Waals surface area (Å²) in [6, 6.07) is 2.67. The molecular weight excluding hydrogens is 346 g/mol. The quantitative estimate of drug-likeness (QED) is 0.896. The van der Waals surface area contributed by atoms with Gasteiger partial charge in [0.05, 0.1) is 5.69 Å². The van der Waals surface area contributed by atoms with E-state index < -0.39 is 0 Å². The number of piperidine rings is 1. The monoisotopic (exact) mass is 361 g/mol. The van der Waals surface area contributed by atoms with Gasteiger partial charge >= 0.3 is 0 Å². The van der Waals surface area contributed by atoms with Crippen LogP contribution in [0.2, 0.25) is 0 Å². The van der Waals surface area contributed by atoms with Crippen molar-refractivity contribution in [3.63, 3.8) is 0 Å². The van der Waals surface area contributed by atoms with Crippen molar-refractivity contribution < 1.29 is 0 Å². The zero-order valence-electron chi connectivity index (χ0n) is 9.92. The fraction of sp³-hybridized carbons (Fsp3) is 0.583. The van der Waals surface area contributed by atoms with E-state index in [1.165, 1.54) is 25.9 Å². The molecule has 1 aromatic heterocycles. The Balaban J connectivity index is 1.85. The second-order valence-corrected chi connectivity index (χ2v) is 6.31. The van der Waals surface area contributed by atoms with E-state index in [1.54, 1.807) is 0 Å². The summed E-state index contributed by atoms with van der Waals surface area (Å²) in [6.45, 7) is 3.21. The van der Waals surface area contributed by atoms with Crippen LogP contribution in [0.5, 0.6) is 0 Å². The SMILES string of the molecule is CN1CCC(NCc2ncc(Br)cc2Br)CC1. The summed E-state index contributed by atoms with van der Waals surface area (Å²) in [7, 11) is 2.18. The van der Waals surface area contributed by atoms with Gasteiger partial charge in [0.25, 0.3) is 0 Å². The second kappa shape index (κ2) is 6.27. The Hall–Kier alpha value is 0.0300. The molecule has 0 unspecified atom stereocenters. The highest BCUT2D eigenvalue weighted by Crippen LogP contribution is 2.20. The lowest BCUT2D eigenvalue weighted by Crippen LogP contribution is -2.40. The number of likely N-dealkylation sites (tertiary alicyclic amines) is 1. The molecule has 1 aromatic rings. The van der Waals surface area contributed by atoms with Gasteiger partial charge in [0.15, 0.2) is 0 Å². The van der Waals surface area contributed by atoms with Gasteiger partial charge in [0.1, 0.15) is 0 Å². The fourth-order valence-electron chi connectivity index (χ4n) is 2.03. The standard InChI is InChI=1S/C12H17Br2N3/c1-17-4-2-10(3-5-17)15-8-12-11(14)6-9(13)7-16-12/h6-7,10,15H,2-5,8H2,1H3. The minimum Gasteiger partial charge on any atom is -0.308 e. The highest BCUT2D eigenvalue weighted by Gasteiger charge is 2.16. The van der Waals surface area contributed by atoms with Gasteiger partial charge in [-0.05, 0) is 70.9 Å². The third kappa shape index (κ3) is 4.02. The first-order chi connectivity index (χ1) is 8.15. The number of aromatic nitrogens is 1. The van der Waals surface area contributed by atoms with Gasteiger partial charge in [-0.3, -0.25) is 4.98 Å². The van der Waals surface area contributed by atoms with Crippen LogP contribution in [-0.2, 0) is 6.54 Å². The Morgan fingerprint density at radius 3 is 2.76 bits per heavy atom. The number of hydrogen-bond acceptors (Lipinski definition) is 3. The van der Waals surface area contributed by atoms with Gasteiger partial charge in [-0.25, -0.2) is 0 Å². The van der Waals surface area contributed by atoms with Crippen molar-refractivity contribution in [2.24, 2.45) is 0 Å². The summed E-state index contributed by atoms with van der Waals surface area (Å²) < 4.78 is 2.07. The molecule has 2 rings (SSSR count). The maximum atomic E-state index is 4.41. The molecule has 1 aliphatic heterocycles. The third-order valence-corrected chi connectivity index (χ3v) is 4.28. The van der Waals surface area contributed by atoms with Crippen LogP contribution in [-0.4, -0.2) is 36.1 Å². The summed E-state index contributed by atoms with van der Waals surface area (Å²) in [5.41, 5.74) is 1.08. The number of nitrogens with one attached hydrogen (secondary N) is 1. The zero-order chi connectivity index (χ0) is 12.3. The second-order valence-electron chi connectivity index (χ2n) is 4.54. The largest absolute Gasteiger partial charge is 0.308 e. The Kier molecular flexibility index (Phi) is 4.97. The van der Waals surface area contributed by atoms with Crippen LogP contribution < -0.4 is 5.32 Å². The van der Waals surface area contributed by atoms with Crippen LogP contribution in [0.1, 0.15) is 18.5 Å². The van der Waals surface area contributed by atoms with Gasteiger partial charge in [0, 0.05) is 27.7 Å². The normalized spacial score (nSPS) is 18.5. The lowest BCUT2D eigenvalue weighted by Gasteiger charge is -2.29. The average molecular weight is 363 g/mol. The summed E-state index contributed by atoms with van der Waals surface area (Å²) in [5.74, 6) is 0. The van der Waals surface area contributed by atoms with Crippen LogP contribution in [0, 0.1) is 0 Å². The number of nitrogens with zero attached hydrogens (tertiary/aromatic N) is 2. The average Bonchev–Trinajstić information content (AvgIpc) is 2.30. The molecule has 2 heterocycles. The van der Waals surface area contributed by atoms with Crippen molar-refractivity contribution in [1.29, 1.82) is 0 Å². The molecule has 0 atom stereocenters. The molecule has 0 aliphatic carbocycles. The minimum absolute atomic E-state index is 0.628. The zero-order valence-corrected chi connectivity index (χ0v) is 13.1.